The first kappa shape index (κ1) is 22.7. The van der Waals surface area contributed by atoms with Gasteiger partial charge in [0.1, 0.15) is 5.82 Å². The van der Waals surface area contributed by atoms with E-state index in [2.05, 4.69) is 74.8 Å². The second kappa shape index (κ2) is 11.4. The lowest BCUT2D eigenvalue weighted by Gasteiger charge is -2.24. The van der Waals surface area contributed by atoms with Crippen molar-refractivity contribution in [3.8, 4) is 11.4 Å². The monoisotopic (exact) mass is 383 g/mol. The largest absolute Gasteiger partial charge is 0.328 e. The minimum absolute atomic E-state index is 0.431. The van der Waals surface area contributed by atoms with E-state index >= 15 is 0 Å². The number of hydrogen-bond acceptors (Lipinski definition) is 2. The molecule has 0 atom stereocenters. The van der Waals surface area contributed by atoms with E-state index in [-0.39, 0.29) is 0 Å². The molecule has 0 aliphatic rings. The van der Waals surface area contributed by atoms with Crippen LogP contribution in [0, 0.1) is 19.3 Å². The van der Waals surface area contributed by atoms with E-state index in [0.717, 1.165) is 31.2 Å². The van der Waals surface area contributed by atoms with Gasteiger partial charge in [0.2, 0.25) is 0 Å². The average molecular weight is 384 g/mol. The number of rotatable bonds is 13. The second-order valence-electron chi connectivity index (χ2n) is 8.98. The maximum absolute atomic E-state index is 4.82. The van der Waals surface area contributed by atoms with E-state index < -0.39 is 0 Å². The zero-order valence-electron chi connectivity index (χ0n) is 18.9. The van der Waals surface area contributed by atoms with Crippen LogP contribution in [0.4, 0.5) is 0 Å². The van der Waals surface area contributed by atoms with E-state index in [1.807, 2.05) is 0 Å². The molecule has 0 bridgehead atoms. The third-order valence-electron chi connectivity index (χ3n) is 5.79. The lowest BCUT2D eigenvalue weighted by atomic mass is 9.87. The number of aromatic nitrogens is 2. The maximum Gasteiger partial charge on any atom is 0.140 e. The molecule has 28 heavy (non-hydrogen) atoms. The van der Waals surface area contributed by atoms with Gasteiger partial charge in [-0.15, -0.1) is 0 Å². The Kier molecular flexibility index (Phi) is 9.24. The molecular weight excluding hydrogens is 342 g/mol. The molecule has 0 radical (unpaired) electrons. The van der Waals surface area contributed by atoms with Crippen molar-refractivity contribution in [1.29, 1.82) is 0 Å². The van der Waals surface area contributed by atoms with Gasteiger partial charge in [-0.05, 0) is 45.1 Å². The van der Waals surface area contributed by atoms with Crippen LogP contribution >= 0.6 is 0 Å². The predicted octanol–water partition coefficient (Wildman–Crippen LogP) is 6.53. The molecule has 0 saturated heterocycles. The Bertz CT molecular complexity index is 685. The van der Waals surface area contributed by atoms with Crippen LogP contribution in [-0.2, 0) is 6.54 Å². The summed E-state index contributed by atoms with van der Waals surface area (Å²) in [6.45, 7) is 14.7. The SMILES string of the molecule is CCCCC(C)(C)CNCCCCCCn1c(-c2ccccc2)nc(C)c1C. The maximum atomic E-state index is 4.82. The van der Waals surface area contributed by atoms with Crippen molar-refractivity contribution in [2.24, 2.45) is 5.41 Å². The molecule has 1 aromatic heterocycles. The van der Waals surface area contributed by atoms with Crippen molar-refractivity contribution in [3.63, 3.8) is 0 Å². The minimum Gasteiger partial charge on any atom is -0.328 e. The quantitative estimate of drug-likeness (QED) is 0.398. The molecule has 0 unspecified atom stereocenters. The number of hydrogen-bond donors (Lipinski definition) is 1. The van der Waals surface area contributed by atoms with Crippen LogP contribution in [0.1, 0.15) is 77.1 Å². The van der Waals surface area contributed by atoms with Crippen LogP contribution in [0.15, 0.2) is 30.3 Å². The first-order valence-electron chi connectivity index (χ1n) is 11.2. The summed E-state index contributed by atoms with van der Waals surface area (Å²) in [6, 6.07) is 10.6. The van der Waals surface area contributed by atoms with Crippen molar-refractivity contribution in [2.75, 3.05) is 13.1 Å². The summed E-state index contributed by atoms with van der Waals surface area (Å²) in [5, 5.41) is 3.67. The summed E-state index contributed by atoms with van der Waals surface area (Å²) < 4.78 is 2.40. The summed E-state index contributed by atoms with van der Waals surface area (Å²) >= 11 is 0. The number of unbranched alkanes of at least 4 members (excludes halogenated alkanes) is 4. The summed E-state index contributed by atoms with van der Waals surface area (Å²) in [5.74, 6) is 1.12. The topological polar surface area (TPSA) is 29.9 Å². The van der Waals surface area contributed by atoms with Gasteiger partial charge >= 0.3 is 0 Å². The highest BCUT2D eigenvalue weighted by atomic mass is 15.1. The Labute approximate surface area is 173 Å². The zero-order chi connectivity index (χ0) is 20.4. The van der Waals surface area contributed by atoms with Crippen molar-refractivity contribution in [2.45, 2.75) is 86.1 Å². The van der Waals surface area contributed by atoms with Crippen LogP contribution in [0.3, 0.4) is 0 Å². The zero-order valence-corrected chi connectivity index (χ0v) is 18.9. The van der Waals surface area contributed by atoms with Gasteiger partial charge in [-0.25, -0.2) is 4.98 Å². The standard InChI is InChI=1S/C25H41N3/c1-6-7-17-25(4,5)20-26-18-13-8-9-14-19-28-22(3)21(2)27-24(28)23-15-11-10-12-16-23/h10-12,15-16,26H,6-9,13-14,17-20H2,1-5H3. The molecule has 0 saturated carbocycles. The molecule has 2 rings (SSSR count). The summed E-state index contributed by atoms with van der Waals surface area (Å²) in [7, 11) is 0. The van der Waals surface area contributed by atoms with E-state index in [1.165, 1.54) is 56.2 Å². The first-order valence-corrected chi connectivity index (χ1v) is 11.2. The van der Waals surface area contributed by atoms with E-state index in [9.17, 15) is 0 Å². The lowest BCUT2D eigenvalue weighted by Crippen LogP contribution is -2.30. The molecule has 0 amide bonds. The van der Waals surface area contributed by atoms with Gasteiger partial charge in [-0.3, -0.25) is 0 Å². The molecule has 156 valence electrons. The van der Waals surface area contributed by atoms with Crippen molar-refractivity contribution >= 4 is 0 Å². The molecule has 0 aliphatic carbocycles. The van der Waals surface area contributed by atoms with Crippen LogP contribution in [0.2, 0.25) is 0 Å². The molecule has 3 nitrogen and oxygen atoms in total. The van der Waals surface area contributed by atoms with E-state index in [1.54, 1.807) is 0 Å². The number of nitrogens with one attached hydrogen (secondary N) is 1. The molecule has 0 fully saturated rings. The van der Waals surface area contributed by atoms with E-state index in [0.29, 0.717) is 5.41 Å². The average Bonchev–Trinajstić information content (AvgIpc) is 2.97. The fourth-order valence-corrected chi connectivity index (χ4v) is 3.78. The summed E-state index contributed by atoms with van der Waals surface area (Å²) in [4.78, 5) is 4.82. The normalized spacial score (nSPS) is 11.9. The Balaban J connectivity index is 1.69. The number of benzene rings is 1. The van der Waals surface area contributed by atoms with Crippen molar-refractivity contribution in [1.82, 2.24) is 14.9 Å². The molecule has 3 heteroatoms. The fourth-order valence-electron chi connectivity index (χ4n) is 3.78. The molecule has 0 aliphatic heterocycles. The number of imidazole rings is 1. The van der Waals surface area contributed by atoms with Crippen LogP contribution in [-0.4, -0.2) is 22.6 Å². The lowest BCUT2D eigenvalue weighted by molar-refractivity contribution is 0.304. The van der Waals surface area contributed by atoms with Gasteiger partial charge in [0, 0.05) is 24.3 Å². The summed E-state index contributed by atoms with van der Waals surface area (Å²) in [6.07, 6.45) is 9.04. The van der Waals surface area contributed by atoms with Crippen LogP contribution in [0.25, 0.3) is 11.4 Å². The van der Waals surface area contributed by atoms with Gasteiger partial charge in [0.15, 0.2) is 0 Å². The molecule has 1 aromatic carbocycles. The van der Waals surface area contributed by atoms with Gasteiger partial charge in [0.25, 0.3) is 0 Å². The van der Waals surface area contributed by atoms with Gasteiger partial charge in [-0.1, -0.05) is 76.8 Å². The van der Waals surface area contributed by atoms with Gasteiger partial charge in [0.05, 0.1) is 5.69 Å². The first-order chi connectivity index (χ1) is 13.4. The molecule has 0 spiro atoms. The predicted molar refractivity (Wildman–Crippen MR) is 122 cm³/mol. The van der Waals surface area contributed by atoms with Crippen molar-refractivity contribution in [3.05, 3.63) is 41.7 Å². The van der Waals surface area contributed by atoms with Gasteiger partial charge in [-0.2, -0.15) is 0 Å². The summed E-state index contributed by atoms with van der Waals surface area (Å²) in [5.41, 5.74) is 4.10. The van der Waals surface area contributed by atoms with Crippen LogP contribution < -0.4 is 5.32 Å². The number of aryl methyl sites for hydroxylation is 1. The Hall–Kier alpha value is -1.61. The Morgan fingerprint density at radius 1 is 0.964 bits per heavy atom. The highest BCUT2D eigenvalue weighted by molar-refractivity contribution is 5.56. The third-order valence-corrected chi connectivity index (χ3v) is 5.79. The molecule has 1 heterocycles. The molecule has 1 N–H and O–H groups in total. The van der Waals surface area contributed by atoms with Crippen LogP contribution in [0.5, 0.6) is 0 Å². The fraction of sp³-hybridized carbons (Fsp3) is 0.640. The number of nitrogens with zero attached hydrogens (tertiary/aromatic N) is 2. The Morgan fingerprint density at radius 3 is 2.39 bits per heavy atom. The molecular formula is C25H41N3. The van der Waals surface area contributed by atoms with Crippen molar-refractivity contribution < 1.29 is 0 Å². The van der Waals surface area contributed by atoms with Gasteiger partial charge < -0.3 is 9.88 Å². The minimum atomic E-state index is 0.431. The second-order valence-corrected chi connectivity index (χ2v) is 8.98. The third kappa shape index (κ3) is 7.09. The highest BCUT2D eigenvalue weighted by Gasteiger charge is 2.16. The Morgan fingerprint density at radius 2 is 1.68 bits per heavy atom. The highest BCUT2D eigenvalue weighted by Crippen LogP contribution is 2.23. The smallest absolute Gasteiger partial charge is 0.140 e. The molecule has 2 aromatic rings. The van der Waals surface area contributed by atoms with E-state index in [4.69, 9.17) is 4.98 Å².